The number of aliphatic hydroxyl groups is 2. The summed E-state index contributed by atoms with van der Waals surface area (Å²) in [5.41, 5.74) is 2.49. The first kappa shape index (κ1) is 14.6. The van der Waals surface area contributed by atoms with Crippen molar-refractivity contribution >= 4 is 0 Å². The quantitative estimate of drug-likeness (QED) is 0.543. The minimum absolute atomic E-state index is 0.157. The molecule has 5 atom stereocenters. The molecule has 3 heterocycles. The molecule has 2 saturated heterocycles. The van der Waals surface area contributed by atoms with Gasteiger partial charge in [0.15, 0.2) is 5.76 Å². The molecule has 7 heteroatoms. The highest BCUT2D eigenvalue weighted by atomic mass is 17.3. The predicted octanol–water partition coefficient (Wildman–Crippen LogP) is 1.04. The highest BCUT2D eigenvalue weighted by Gasteiger charge is 2.83. The fourth-order valence-corrected chi connectivity index (χ4v) is 5.84. The maximum atomic E-state index is 11.9. The molecule has 3 aliphatic heterocycles. The molecule has 0 aromatic carbocycles. The number of hydrogen-bond acceptors (Lipinski definition) is 7. The van der Waals surface area contributed by atoms with Crippen LogP contribution in [0.4, 0.5) is 0 Å². The van der Waals surface area contributed by atoms with Gasteiger partial charge in [-0.15, -0.1) is 0 Å². The Hall–Kier alpha value is -1.60. The second-order valence-corrected chi connectivity index (χ2v) is 7.80. The molecular weight excluding hydrogens is 326 g/mol. The van der Waals surface area contributed by atoms with Crippen molar-refractivity contribution < 1.29 is 29.5 Å². The second kappa shape index (κ2) is 3.88. The predicted molar refractivity (Wildman–Crippen MR) is 82.7 cm³/mol. The SMILES string of the molecule is COC12CC=C3C[C@H]4N(C)CC[C@]56C3=C1O[C@@]5(OO2)C(O)=C=C[C@@]46O. The molecule has 0 radical (unpaired) electrons. The molecule has 7 nitrogen and oxygen atoms in total. The summed E-state index contributed by atoms with van der Waals surface area (Å²) in [6.45, 7) is 0.743. The number of likely N-dealkylation sites (tertiary alicyclic amines) is 1. The van der Waals surface area contributed by atoms with Crippen LogP contribution in [-0.4, -0.2) is 59.0 Å². The van der Waals surface area contributed by atoms with Crippen LogP contribution in [0.25, 0.3) is 0 Å². The van der Waals surface area contributed by atoms with Crippen LogP contribution in [0.15, 0.2) is 40.5 Å². The van der Waals surface area contributed by atoms with E-state index in [9.17, 15) is 10.2 Å². The van der Waals surface area contributed by atoms with Gasteiger partial charge in [-0.1, -0.05) is 11.8 Å². The molecule has 3 aliphatic carbocycles. The molecule has 1 saturated carbocycles. The van der Waals surface area contributed by atoms with E-state index in [1.54, 1.807) is 6.08 Å². The lowest BCUT2D eigenvalue weighted by atomic mass is 9.48. The summed E-state index contributed by atoms with van der Waals surface area (Å²) in [5, 5.41) is 22.6. The molecule has 2 N–H and O–H groups in total. The van der Waals surface area contributed by atoms with Crippen molar-refractivity contribution in [1.29, 1.82) is 0 Å². The number of likely N-dealkylation sites (N-methyl/N-ethyl adjacent to an activating group) is 1. The molecule has 6 rings (SSSR count). The van der Waals surface area contributed by atoms with Crippen molar-refractivity contribution in [3.63, 3.8) is 0 Å². The fourth-order valence-electron chi connectivity index (χ4n) is 5.84. The Morgan fingerprint density at radius 2 is 2.24 bits per heavy atom. The topological polar surface area (TPSA) is 80.6 Å². The number of ether oxygens (including phenoxy) is 2. The van der Waals surface area contributed by atoms with Crippen molar-refractivity contribution in [3.05, 3.63) is 40.5 Å². The summed E-state index contributed by atoms with van der Waals surface area (Å²) in [6.07, 6.45) is 5.36. The van der Waals surface area contributed by atoms with Crippen molar-refractivity contribution in [2.45, 2.75) is 42.5 Å². The highest BCUT2D eigenvalue weighted by molar-refractivity contribution is 5.60. The summed E-state index contributed by atoms with van der Waals surface area (Å²) in [6, 6.07) is -0.157. The van der Waals surface area contributed by atoms with Gasteiger partial charge in [0.25, 0.3) is 5.79 Å². The van der Waals surface area contributed by atoms with Gasteiger partial charge >= 0.3 is 5.79 Å². The third-order valence-electron chi connectivity index (χ3n) is 7.09. The van der Waals surface area contributed by atoms with E-state index in [0.29, 0.717) is 25.0 Å². The van der Waals surface area contributed by atoms with Crippen LogP contribution < -0.4 is 0 Å². The number of hydrogen-bond donors (Lipinski definition) is 2. The summed E-state index contributed by atoms with van der Waals surface area (Å²) in [5.74, 6) is -2.48. The molecule has 4 bridgehead atoms. The normalized spacial score (nSPS) is 51.9. The molecule has 3 fully saturated rings. The second-order valence-electron chi connectivity index (χ2n) is 7.80. The van der Waals surface area contributed by atoms with Gasteiger partial charge in [-0.2, -0.15) is 9.78 Å². The lowest BCUT2D eigenvalue weighted by molar-refractivity contribution is -0.536. The zero-order valence-corrected chi connectivity index (χ0v) is 14.0. The van der Waals surface area contributed by atoms with Crippen LogP contribution in [0.3, 0.4) is 0 Å². The summed E-state index contributed by atoms with van der Waals surface area (Å²) < 4.78 is 11.9. The van der Waals surface area contributed by atoms with Gasteiger partial charge in [0, 0.05) is 25.1 Å². The van der Waals surface area contributed by atoms with E-state index in [-0.39, 0.29) is 11.8 Å². The number of aliphatic hydroxyl groups excluding tert-OH is 1. The Bertz CT molecular complexity index is 856. The van der Waals surface area contributed by atoms with Crippen LogP contribution in [0.5, 0.6) is 0 Å². The standard InChI is InChI=1S/C18H19NO6/c1-19-8-7-15-13-10-3-6-17(22-2)14(13)23-18(15,25-24-17)12(20)4-5-16(15,21)11(19)9-10/h3,5,11,20-21H,6-9H2,1-2H3/t11-,15-,16-,17?,18-/m1/s1. The van der Waals surface area contributed by atoms with E-state index in [0.717, 1.165) is 17.7 Å². The maximum absolute atomic E-state index is 11.9. The van der Waals surface area contributed by atoms with E-state index in [1.807, 2.05) is 7.05 Å². The number of nitrogens with zero attached hydrogens (tertiary/aromatic N) is 1. The first-order chi connectivity index (χ1) is 11.9. The lowest BCUT2D eigenvalue weighted by Gasteiger charge is -2.62. The molecule has 0 amide bonds. The van der Waals surface area contributed by atoms with Gasteiger partial charge in [0.1, 0.15) is 11.0 Å². The minimum Gasteiger partial charge on any atom is -0.499 e. The molecule has 6 aliphatic rings. The maximum Gasteiger partial charge on any atom is 0.318 e. The smallest absolute Gasteiger partial charge is 0.318 e. The average molecular weight is 345 g/mol. The number of methoxy groups -OCH3 is 1. The summed E-state index contributed by atoms with van der Waals surface area (Å²) in [4.78, 5) is 13.6. The zero-order chi connectivity index (χ0) is 17.2. The zero-order valence-electron chi connectivity index (χ0n) is 14.0. The van der Waals surface area contributed by atoms with Gasteiger partial charge in [-0.25, -0.2) is 0 Å². The van der Waals surface area contributed by atoms with Gasteiger partial charge in [0.2, 0.25) is 5.76 Å². The third kappa shape index (κ3) is 1.17. The van der Waals surface area contributed by atoms with Gasteiger partial charge in [-0.3, -0.25) is 4.90 Å². The minimum atomic E-state index is -1.62. The van der Waals surface area contributed by atoms with Crippen LogP contribution in [-0.2, 0) is 19.2 Å². The Kier molecular flexibility index (Phi) is 2.26. The van der Waals surface area contributed by atoms with Crippen molar-refractivity contribution in [2.75, 3.05) is 20.7 Å². The van der Waals surface area contributed by atoms with Gasteiger partial charge in [-0.05, 0) is 38.1 Å². The van der Waals surface area contributed by atoms with E-state index in [4.69, 9.17) is 19.2 Å². The third-order valence-corrected chi connectivity index (χ3v) is 7.09. The Labute approximate surface area is 144 Å². The number of rotatable bonds is 1. The summed E-state index contributed by atoms with van der Waals surface area (Å²) >= 11 is 0. The van der Waals surface area contributed by atoms with Crippen molar-refractivity contribution in [2.24, 2.45) is 5.41 Å². The van der Waals surface area contributed by atoms with E-state index < -0.39 is 22.6 Å². The fraction of sp³-hybridized carbons (Fsp3) is 0.611. The molecule has 25 heavy (non-hydrogen) atoms. The molecule has 1 unspecified atom stereocenters. The molecule has 2 spiro atoms. The van der Waals surface area contributed by atoms with Gasteiger partial charge in [0.05, 0.1) is 0 Å². The van der Waals surface area contributed by atoms with Crippen molar-refractivity contribution in [1.82, 2.24) is 4.90 Å². The van der Waals surface area contributed by atoms with Crippen LogP contribution in [0, 0.1) is 5.41 Å². The monoisotopic (exact) mass is 345 g/mol. The van der Waals surface area contributed by atoms with E-state index >= 15 is 0 Å². The average Bonchev–Trinajstić information content (AvgIpc) is 2.90. The highest BCUT2D eigenvalue weighted by Crippen LogP contribution is 2.73. The molecular formula is C18H19NO6. The van der Waals surface area contributed by atoms with Crippen LogP contribution in [0.2, 0.25) is 0 Å². The van der Waals surface area contributed by atoms with E-state index in [2.05, 4.69) is 16.7 Å². The molecule has 0 aromatic heterocycles. The summed E-state index contributed by atoms with van der Waals surface area (Å²) in [7, 11) is 3.55. The van der Waals surface area contributed by atoms with Crippen molar-refractivity contribution in [3.8, 4) is 0 Å². The first-order valence-electron chi connectivity index (χ1n) is 8.60. The Morgan fingerprint density at radius 3 is 3.04 bits per heavy atom. The lowest BCUT2D eigenvalue weighted by Crippen LogP contribution is -2.75. The Balaban J connectivity index is 1.75. The van der Waals surface area contributed by atoms with Crippen LogP contribution >= 0.6 is 0 Å². The Morgan fingerprint density at radius 1 is 1.40 bits per heavy atom. The van der Waals surface area contributed by atoms with Crippen LogP contribution in [0.1, 0.15) is 19.3 Å². The largest absolute Gasteiger partial charge is 0.499 e. The number of piperidine rings is 1. The molecule has 0 aromatic rings. The van der Waals surface area contributed by atoms with E-state index in [1.165, 1.54) is 7.11 Å². The first-order valence-corrected chi connectivity index (χ1v) is 8.60. The molecule has 132 valence electrons. The van der Waals surface area contributed by atoms with Gasteiger partial charge < -0.3 is 19.7 Å².